The topological polar surface area (TPSA) is 80.1 Å². The van der Waals surface area contributed by atoms with Crippen LogP contribution in [0.5, 0.6) is 0 Å². The van der Waals surface area contributed by atoms with Crippen LogP contribution in [-0.2, 0) is 9.59 Å². The fraction of sp³-hybridized carbons (Fsp3) is 0.524. The van der Waals surface area contributed by atoms with Gasteiger partial charge in [-0.3, -0.25) is 9.59 Å². The Bertz CT molecular complexity index is 800. The third-order valence-corrected chi connectivity index (χ3v) is 5.23. The van der Waals surface area contributed by atoms with Crippen LogP contribution in [0.2, 0.25) is 0 Å². The van der Waals surface area contributed by atoms with Crippen LogP contribution in [0.3, 0.4) is 0 Å². The highest BCUT2D eigenvalue weighted by molar-refractivity contribution is 5.82. The van der Waals surface area contributed by atoms with Gasteiger partial charge in [-0.2, -0.15) is 5.10 Å². The highest BCUT2D eigenvalue weighted by Crippen LogP contribution is 2.24. The highest BCUT2D eigenvalue weighted by atomic mass is 16.2. The molecule has 0 spiro atoms. The number of piperidine rings is 1. The number of carbonyl (C=O) groups excluding carboxylic acids is 2. The number of likely N-dealkylation sites (tertiary alicyclic amines) is 1. The predicted octanol–water partition coefficient (Wildman–Crippen LogP) is 2.73. The van der Waals surface area contributed by atoms with Crippen LogP contribution in [0.1, 0.15) is 52.1 Å². The zero-order valence-corrected chi connectivity index (χ0v) is 17.1. The minimum atomic E-state index is -0.373. The van der Waals surface area contributed by atoms with Crippen molar-refractivity contribution in [3.8, 4) is 5.69 Å². The van der Waals surface area contributed by atoms with Crippen molar-refractivity contribution in [1.29, 1.82) is 0 Å². The number of nitrogens with one attached hydrogen (secondary N) is 1. The molecule has 1 atom stereocenters. The van der Waals surface area contributed by atoms with Crippen molar-refractivity contribution in [2.24, 2.45) is 11.3 Å². The molecule has 2 aromatic rings. The van der Waals surface area contributed by atoms with Crippen molar-refractivity contribution < 1.29 is 9.59 Å². The summed E-state index contributed by atoms with van der Waals surface area (Å²) in [4.78, 5) is 30.9. The number of carbonyl (C=O) groups is 2. The van der Waals surface area contributed by atoms with E-state index in [1.54, 1.807) is 11.0 Å². The van der Waals surface area contributed by atoms with Crippen LogP contribution in [0.4, 0.5) is 0 Å². The number of aromatic nitrogens is 3. The van der Waals surface area contributed by atoms with Gasteiger partial charge in [0.15, 0.2) is 0 Å². The van der Waals surface area contributed by atoms with Crippen LogP contribution >= 0.6 is 0 Å². The Morgan fingerprint density at radius 2 is 1.79 bits per heavy atom. The molecule has 0 bridgehead atoms. The van der Waals surface area contributed by atoms with E-state index < -0.39 is 0 Å². The summed E-state index contributed by atoms with van der Waals surface area (Å²) in [5, 5.41) is 7.23. The number of hydrogen-bond acceptors (Lipinski definition) is 4. The van der Waals surface area contributed by atoms with Crippen molar-refractivity contribution in [3.63, 3.8) is 0 Å². The number of rotatable bonds is 4. The first-order valence-corrected chi connectivity index (χ1v) is 9.80. The maximum absolute atomic E-state index is 12.7. The molecule has 1 aromatic carbocycles. The van der Waals surface area contributed by atoms with Crippen molar-refractivity contribution in [2.75, 3.05) is 13.1 Å². The first-order valence-electron chi connectivity index (χ1n) is 9.80. The van der Waals surface area contributed by atoms with Crippen LogP contribution < -0.4 is 5.32 Å². The zero-order valence-electron chi connectivity index (χ0n) is 17.1. The second-order valence-corrected chi connectivity index (χ2v) is 8.48. The molecule has 0 unspecified atom stereocenters. The van der Waals surface area contributed by atoms with E-state index in [0.29, 0.717) is 25.9 Å². The summed E-state index contributed by atoms with van der Waals surface area (Å²) in [6, 6.07) is 7.83. The lowest BCUT2D eigenvalue weighted by Gasteiger charge is -2.35. The largest absolute Gasteiger partial charge is 0.349 e. The van der Waals surface area contributed by atoms with Gasteiger partial charge in [0, 0.05) is 24.4 Å². The SMILES string of the molecule is C[C@@H](NC(=O)C1CCN(C(=O)C(C)(C)C)CC1)c1ccc(-n2cncn2)cc1. The smallest absolute Gasteiger partial charge is 0.227 e. The summed E-state index contributed by atoms with van der Waals surface area (Å²) in [5.74, 6) is 0.184. The van der Waals surface area contributed by atoms with Gasteiger partial charge in [-0.05, 0) is 37.5 Å². The molecular weight excluding hydrogens is 354 g/mol. The summed E-state index contributed by atoms with van der Waals surface area (Å²) < 4.78 is 1.69. The van der Waals surface area contributed by atoms with E-state index in [4.69, 9.17) is 0 Å². The van der Waals surface area contributed by atoms with Crippen molar-refractivity contribution in [1.82, 2.24) is 25.0 Å². The van der Waals surface area contributed by atoms with Gasteiger partial charge in [0.25, 0.3) is 0 Å². The fourth-order valence-electron chi connectivity index (χ4n) is 3.49. The summed E-state index contributed by atoms with van der Waals surface area (Å²) in [6.45, 7) is 9.09. The van der Waals surface area contributed by atoms with Gasteiger partial charge < -0.3 is 10.2 Å². The van der Waals surface area contributed by atoms with Gasteiger partial charge in [-0.25, -0.2) is 9.67 Å². The average Bonchev–Trinajstić information content (AvgIpc) is 3.21. The number of benzene rings is 1. The van der Waals surface area contributed by atoms with E-state index in [1.807, 2.05) is 56.9 Å². The van der Waals surface area contributed by atoms with Crippen LogP contribution in [0.15, 0.2) is 36.9 Å². The lowest BCUT2D eigenvalue weighted by atomic mass is 9.90. The molecule has 3 rings (SSSR count). The van der Waals surface area contributed by atoms with Gasteiger partial charge in [-0.15, -0.1) is 0 Å². The molecule has 1 aromatic heterocycles. The number of amides is 2. The molecule has 1 aliphatic heterocycles. The van der Waals surface area contributed by atoms with Gasteiger partial charge in [-0.1, -0.05) is 32.9 Å². The lowest BCUT2D eigenvalue weighted by Crippen LogP contribution is -2.46. The average molecular weight is 383 g/mol. The second-order valence-electron chi connectivity index (χ2n) is 8.48. The normalized spacial score (nSPS) is 16.6. The molecule has 1 aliphatic rings. The second kappa shape index (κ2) is 8.12. The predicted molar refractivity (Wildman–Crippen MR) is 107 cm³/mol. The highest BCUT2D eigenvalue weighted by Gasteiger charge is 2.32. The van der Waals surface area contributed by atoms with E-state index in [9.17, 15) is 9.59 Å². The molecular formula is C21H29N5O2. The summed E-state index contributed by atoms with van der Waals surface area (Å²) in [7, 11) is 0. The standard InChI is InChI=1S/C21H29N5O2/c1-15(16-5-7-18(8-6-16)26-14-22-13-23-26)24-19(27)17-9-11-25(12-10-17)20(28)21(2,3)4/h5-8,13-15,17H,9-12H2,1-4H3,(H,24,27)/t15-/m1/s1. The lowest BCUT2D eigenvalue weighted by molar-refractivity contribution is -0.142. The third-order valence-electron chi connectivity index (χ3n) is 5.23. The fourth-order valence-corrected chi connectivity index (χ4v) is 3.49. The molecule has 7 heteroatoms. The molecule has 1 fully saturated rings. The zero-order chi connectivity index (χ0) is 20.3. The molecule has 2 amide bonds. The molecule has 150 valence electrons. The van der Waals surface area contributed by atoms with Gasteiger partial charge in [0.05, 0.1) is 11.7 Å². The first kappa shape index (κ1) is 20.0. The Labute approximate surface area is 166 Å². The molecule has 7 nitrogen and oxygen atoms in total. The van der Waals surface area contributed by atoms with Crippen molar-refractivity contribution in [2.45, 2.75) is 46.6 Å². The van der Waals surface area contributed by atoms with E-state index in [-0.39, 0.29) is 29.2 Å². The van der Waals surface area contributed by atoms with E-state index in [0.717, 1.165) is 11.3 Å². The Morgan fingerprint density at radius 1 is 1.14 bits per heavy atom. The summed E-state index contributed by atoms with van der Waals surface area (Å²) in [5.41, 5.74) is 1.59. The quantitative estimate of drug-likeness (QED) is 0.880. The van der Waals surface area contributed by atoms with Crippen molar-refractivity contribution in [3.05, 3.63) is 42.5 Å². The van der Waals surface area contributed by atoms with Gasteiger partial charge in [0.1, 0.15) is 12.7 Å². The van der Waals surface area contributed by atoms with Crippen LogP contribution in [-0.4, -0.2) is 44.6 Å². The maximum atomic E-state index is 12.7. The molecule has 1 N–H and O–H groups in total. The summed E-state index contributed by atoms with van der Waals surface area (Å²) >= 11 is 0. The molecule has 2 heterocycles. The minimum Gasteiger partial charge on any atom is -0.349 e. The molecule has 0 saturated carbocycles. The van der Waals surface area contributed by atoms with Crippen LogP contribution in [0, 0.1) is 11.3 Å². The van der Waals surface area contributed by atoms with E-state index in [1.165, 1.54) is 6.33 Å². The Balaban J connectivity index is 1.53. The Hall–Kier alpha value is -2.70. The van der Waals surface area contributed by atoms with E-state index in [2.05, 4.69) is 15.4 Å². The van der Waals surface area contributed by atoms with Crippen LogP contribution in [0.25, 0.3) is 5.69 Å². The maximum Gasteiger partial charge on any atom is 0.227 e. The molecule has 28 heavy (non-hydrogen) atoms. The third kappa shape index (κ3) is 4.58. The Morgan fingerprint density at radius 3 is 2.32 bits per heavy atom. The minimum absolute atomic E-state index is 0.0408. The summed E-state index contributed by atoms with van der Waals surface area (Å²) in [6.07, 6.45) is 4.57. The van der Waals surface area contributed by atoms with E-state index >= 15 is 0 Å². The molecule has 0 aliphatic carbocycles. The number of hydrogen-bond donors (Lipinski definition) is 1. The Kier molecular flexibility index (Phi) is 5.82. The molecule has 1 saturated heterocycles. The monoisotopic (exact) mass is 383 g/mol. The van der Waals surface area contributed by atoms with Gasteiger partial charge in [0.2, 0.25) is 11.8 Å². The van der Waals surface area contributed by atoms with Gasteiger partial charge >= 0.3 is 0 Å². The first-order chi connectivity index (χ1) is 13.3. The number of nitrogens with zero attached hydrogens (tertiary/aromatic N) is 4. The van der Waals surface area contributed by atoms with Crippen molar-refractivity contribution >= 4 is 11.8 Å². The molecule has 0 radical (unpaired) electrons.